The maximum atomic E-state index is 11.7. The number of carbonyl (C=O) groups excluding carboxylic acids is 1. The molecule has 0 saturated heterocycles. The Morgan fingerprint density at radius 2 is 2.25 bits per heavy atom. The Bertz CT molecular complexity index is 715. The van der Waals surface area contributed by atoms with E-state index in [0.29, 0.717) is 0 Å². The highest BCUT2D eigenvalue weighted by molar-refractivity contribution is 7.09. The van der Waals surface area contributed by atoms with E-state index in [0.717, 1.165) is 22.0 Å². The summed E-state index contributed by atoms with van der Waals surface area (Å²) in [6.45, 7) is 2.10. The molecular weight excluding hydrogens is 274 g/mol. The molecule has 0 aliphatic carbocycles. The number of fused-ring (bicyclic) bond motifs is 1. The predicted octanol–water partition coefficient (Wildman–Crippen LogP) is 2.39. The smallest absolute Gasteiger partial charge is 0.312 e. The Labute approximate surface area is 119 Å². The largest absolute Gasteiger partial charge is 0.459 e. The molecule has 3 aromatic rings. The van der Waals surface area contributed by atoms with E-state index in [9.17, 15) is 4.79 Å². The molecule has 5 nitrogen and oxygen atoms in total. The van der Waals surface area contributed by atoms with Crippen LogP contribution >= 0.6 is 11.3 Å². The maximum Gasteiger partial charge on any atom is 0.312 e. The van der Waals surface area contributed by atoms with Crippen molar-refractivity contribution in [3.63, 3.8) is 0 Å². The molecule has 0 aliphatic heterocycles. The van der Waals surface area contributed by atoms with Gasteiger partial charge in [0.1, 0.15) is 12.3 Å². The zero-order chi connectivity index (χ0) is 13.9. The molecule has 3 rings (SSSR count). The number of imidazole rings is 1. The van der Waals surface area contributed by atoms with Crippen LogP contribution in [0, 0.1) is 6.92 Å². The Morgan fingerprint density at radius 1 is 1.35 bits per heavy atom. The fraction of sp³-hybridized carbons (Fsp3) is 0.214. The summed E-state index contributed by atoms with van der Waals surface area (Å²) in [6.07, 6.45) is 3.97. The van der Waals surface area contributed by atoms with E-state index in [-0.39, 0.29) is 19.0 Å². The summed E-state index contributed by atoms with van der Waals surface area (Å²) in [5.41, 5.74) is 2.33. The van der Waals surface area contributed by atoms with Crippen molar-refractivity contribution in [2.45, 2.75) is 20.0 Å². The van der Waals surface area contributed by atoms with Crippen LogP contribution in [-0.4, -0.2) is 20.3 Å². The summed E-state index contributed by atoms with van der Waals surface area (Å²) in [4.78, 5) is 20.3. The van der Waals surface area contributed by atoms with Gasteiger partial charge < -0.3 is 9.14 Å². The fourth-order valence-electron chi connectivity index (χ4n) is 1.90. The third-order valence-corrected chi connectivity index (χ3v) is 3.61. The van der Waals surface area contributed by atoms with Crippen molar-refractivity contribution in [3.05, 3.63) is 52.4 Å². The van der Waals surface area contributed by atoms with Crippen LogP contribution in [0.5, 0.6) is 0 Å². The minimum Gasteiger partial charge on any atom is -0.459 e. The second kappa shape index (κ2) is 5.42. The van der Waals surface area contributed by atoms with Crippen LogP contribution in [0.2, 0.25) is 0 Å². The monoisotopic (exact) mass is 287 g/mol. The molecule has 0 N–H and O–H groups in total. The van der Waals surface area contributed by atoms with E-state index < -0.39 is 0 Å². The normalized spacial score (nSPS) is 10.8. The lowest BCUT2D eigenvalue weighted by molar-refractivity contribution is -0.144. The Hall–Kier alpha value is -2.21. The molecule has 0 bridgehead atoms. The SMILES string of the molecule is Cc1nc(CC(=O)OCc2cn3ccccc3n2)cs1. The number of rotatable bonds is 4. The highest BCUT2D eigenvalue weighted by Crippen LogP contribution is 2.10. The summed E-state index contributed by atoms with van der Waals surface area (Å²) in [5, 5.41) is 2.83. The van der Waals surface area contributed by atoms with E-state index in [4.69, 9.17) is 4.74 Å². The van der Waals surface area contributed by atoms with E-state index in [1.807, 2.05) is 47.3 Å². The van der Waals surface area contributed by atoms with Gasteiger partial charge in [-0.1, -0.05) is 6.07 Å². The molecule has 0 saturated carbocycles. The zero-order valence-corrected chi connectivity index (χ0v) is 11.8. The number of aryl methyl sites for hydroxylation is 1. The number of ether oxygens (including phenoxy) is 1. The molecule has 3 heterocycles. The van der Waals surface area contributed by atoms with Crippen LogP contribution in [0.4, 0.5) is 0 Å². The van der Waals surface area contributed by atoms with Gasteiger partial charge in [0.25, 0.3) is 0 Å². The third-order valence-electron chi connectivity index (χ3n) is 2.79. The molecule has 0 spiro atoms. The first kappa shape index (κ1) is 12.8. The highest BCUT2D eigenvalue weighted by Gasteiger charge is 2.09. The van der Waals surface area contributed by atoms with Gasteiger partial charge in [-0.3, -0.25) is 4.79 Å². The number of thiazole rings is 1. The minimum atomic E-state index is -0.285. The fourth-order valence-corrected chi connectivity index (χ4v) is 2.51. The zero-order valence-electron chi connectivity index (χ0n) is 10.9. The molecule has 102 valence electrons. The summed E-state index contributed by atoms with van der Waals surface area (Å²) in [7, 11) is 0. The maximum absolute atomic E-state index is 11.7. The van der Waals surface area contributed by atoms with Gasteiger partial charge in [-0.05, 0) is 19.1 Å². The lowest BCUT2D eigenvalue weighted by atomic mass is 10.3. The molecule has 0 atom stereocenters. The standard InChI is InChI=1S/C14H13N3O2S/c1-10-15-11(9-20-10)6-14(18)19-8-12-7-17-5-3-2-4-13(17)16-12/h2-5,7,9H,6,8H2,1H3. The molecule has 0 amide bonds. The molecule has 20 heavy (non-hydrogen) atoms. The van der Waals surface area contributed by atoms with Gasteiger partial charge in [-0.2, -0.15) is 0 Å². The second-order valence-corrected chi connectivity index (χ2v) is 5.46. The first-order valence-corrected chi connectivity index (χ1v) is 7.08. The summed E-state index contributed by atoms with van der Waals surface area (Å²) < 4.78 is 7.12. The molecule has 0 aliphatic rings. The van der Waals surface area contributed by atoms with Crippen LogP contribution < -0.4 is 0 Å². The van der Waals surface area contributed by atoms with E-state index in [1.54, 1.807) is 0 Å². The van der Waals surface area contributed by atoms with E-state index in [2.05, 4.69) is 9.97 Å². The van der Waals surface area contributed by atoms with Crippen molar-refractivity contribution in [1.29, 1.82) is 0 Å². The highest BCUT2D eigenvalue weighted by atomic mass is 32.1. The topological polar surface area (TPSA) is 56.5 Å². The molecule has 3 aromatic heterocycles. The number of hydrogen-bond acceptors (Lipinski definition) is 5. The number of hydrogen-bond donors (Lipinski definition) is 0. The van der Waals surface area contributed by atoms with Crippen molar-refractivity contribution >= 4 is 23.0 Å². The Morgan fingerprint density at radius 3 is 3.00 bits per heavy atom. The van der Waals surface area contributed by atoms with Crippen molar-refractivity contribution < 1.29 is 9.53 Å². The van der Waals surface area contributed by atoms with Crippen molar-refractivity contribution in [2.24, 2.45) is 0 Å². The lowest BCUT2D eigenvalue weighted by Gasteiger charge is -2.00. The van der Waals surface area contributed by atoms with Gasteiger partial charge in [0.05, 0.1) is 22.8 Å². The average molecular weight is 287 g/mol. The van der Waals surface area contributed by atoms with E-state index in [1.165, 1.54) is 11.3 Å². The quantitative estimate of drug-likeness (QED) is 0.691. The first-order valence-electron chi connectivity index (χ1n) is 6.20. The molecular formula is C14H13N3O2S. The van der Waals surface area contributed by atoms with Crippen LogP contribution in [0.15, 0.2) is 36.0 Å². The Kier molecular flexibility index (Phi) is 3.47. The van der Waals surface area contributed by atoms with Crippen LogP contribution in [0.25, 0.3) is 5.65 Å². The van der Waals surface area contributed by atoms with Gasteiger partial charge in [0.15, 0.2) is 0 Å². The van der Waals surface area contributed by atoms with Crippen LogP contribution in [0.1, 0.15) is 16.4 Å². The molecule has 0 radical (unpaired) electrons. The second-order valence-electron chi connectivity index (χ2n) is 4.39. The Balaban J connectivity index is 1.59. The van der Waals surface area contributed by atoms with E-state index >= 15 is 0 Å². The summed E-state index contributed by atoms with van der Waals surface area (Å²) in [5.74, 6) is -0.285. The number of pyridine rings is 1. The van der Waals surface area contributed by atoms with Gasteiger partial charge in [0, 0.05) is 17.8 Å². The number of nitrogens with zero attached hydrogens (tertiary/aromatic N) is 3. The number of esters is 1. The molecule has 0 unspecified atom stereocenters. The van der Waals surface area contributed by atoms with Crippen molar-refractivity contribution in [2.75, 3.05) is 0 Å². The van der Waals surface area contributed by atoms with Gasteiger partial charge >= 0.3 is 5.97 Å². The minimum absolute atomic E-state index is 0.184. The predicted molar refractivity (Wildman–Crippen MR) is 75.5 cm³/mol. The summed E-state index contributed by atoms with van der Waals surface area (Å²) in [6, 6.07) is 5.75. The van der Waals surface area contributed by atoms with Crippen molar-refractivity contribution in [1.82, 2.24) is 14.4 Å². The van der Waals surface area contributed by atoms with Gasteiger partial charge in [-0.15, -0.1) is 11.3 Å². The van der Waals surface area contributed by atoms with Crippen molar-refractivity contribution in [3.8, 4) is 0 Å². The molecule has 6 heteroatoms. The summed E-state index contributed by atoms with van der Waals surface area (Å²) >= 11 is 1.53. The third kappa shape index (κ3) is 2.85. The molecule has 0 fully saturated rings. The number of aromatic nitrogens is 3. The first-order chi connectivity index (χ1) is 9.70. The van der Waals surface area contributed by atoms with Gasteiger partial charge in [0.2, 0.25) is 0 Å². The average Bonchev–Trinajstić information content (AvgIpc) is 3.02. The van der Waals surface area contributed by atoms with Crippen LogP contribution in [0.3, 0.4) is 0 Å². The van der Waals surface area contributed by atoms with Gasteiger partial charge in [-0.25, -0.2) is 9.97 Å². The molecule has 0 aromatic carbocycles. The van der Waals surface area contributed by atoms with Crippen LogP contribution in [-0.2, 0) is 22.6 Å². The lowest BCUT2D eigenvalue weighted by Crippen LogP contribution is -2.08. The number of carbonyl (C=O) groups is 1.